The van der Waals surface area contributed by atoms with E-state index >= 15 is 0 Å². The molecule has 0 saturated carbocycles. The fraction of sp³-hybridized carbons (Fsp3) is 0.647. The molecular formula is C34H46O18. The SMILES string of the molecule is COc1cc([C@H]2OC[C@H]3[C@@H]2CO[C@@H]3c2cc(OC)c(O[C@H]3OC(CO)[C@@H](O)C(O)[C@@H]3O)c(OC)c2)cc(OC)c1O[C@@H]1OC(CO)[C@@H](O)C(O)[C@@H]1O. The third-order valence-corrected chi connectivity index (χ3v) is 10.1. The van der Waals surface area contributed by atoms with Crippen LogP contribution in [0, 0.1) is 11.8 Å². The fourth-order valence-corrected chi connectivity index (χ4v) is 7.16. The van der Waals surface area contributed by atoms with Gasteiger partial charge in [-0.2, -0.15) is 0 Å². The fourth-order valence-electron chi connectivity index (χ4n) is 7.16. The Hall–Kier alpha value is -3.24. The average Bonchev–Trinajstić information content (AvgIpc) is 3.78. The number of aliphatic hydroxyl groups is 8. The van der Waals surface area contributed by atoms with Gasteiger partial charge < -0.3 is 88.2 Å². The highest BCUT2D eigenvalue weighted by atomic mass is 16.7. The van der Waals surface area contributed by atoms with Crippen LogP contribution in [-0.2, 0) is 18.9 Å². The van der Waals surface area contributed by atoms with E-state index in [1.807, 2.05) is 0 Å². The van der Waals surface area contributed by atoms with E-state index in [0.29, 0.717) is 24.3 Å². The van der Waals surface area contributed by atoms with Crippen LogP contribution in [0.25, 0.3) is 0 Å². The van der Waals surface area contributed by atoms with Crippen molar-refractivity contribution in [3.63, 3.8) is 0 Å². The monoisotopic (exact) mass is 742 g/mol. The zero-order valence-electron chi connectivity index (χ0n) is 28.9. The molecule has 2 aromatic carbocycles. The molecule has 52 heavy (non-hydrogen) atoms. The second kappa shape index (κ2) is 16.0. The van der Waals surface area contributed by atoms with Gasteiger partial charge in [-0.25, -0.2) is 0 Å². The van der Waals surface area contributed by atoms with Crippen molar-refractivity contribution in [2.75, 3.05) is 54.9 Å². The van der Waals surface area contributed by atoms with Gasteiger partial charge in [0, 0.05) is 11.8 Å². The number of hydrogen-bond donors (Lipinski definition) is 8. The van der Waals surface area contributed by atoms with Gasteiger partial charge in [0.1, 0.15) is 48.8 Å². The lowest BCUT2D eigenvalue weighted by Gasteiger charge is -2.39. The topological polar surface area (TPSA) is 254 Å². The lowest BCUT2D eigenvalue weighted by molar-refractivity contribution is -0.277. The Balaban J connectivity index is 1.22. The van der Waals surface area contributed by atoms with Gasteiger partial charge in [-0.3, -0.25) is 0 Å². The highest BCUT2D eigenvalue weighted by molar-refractivity contribution is 5.56. The molecule has 4 aliphatic heterocycles. The van der Waals surface area contributed by atoms with Crippen LogP contribution >= 0.6 is 0 Å². The van der Waals surface area contributed by atoms with Gasteiger partial charge >= 0.3 is 0 Å². The lowest BCUT2D eigenvalue weighted by Crippen LogP contribution is -2.60. The summed E-state index contributed by atoms with van der Waals surface area (Å²) in [4.78, 5) is 0. The first-order valence-electron chi connectivity index (χ1n) is 16.7. The highest BCUT2D eigenvalue weighted by Crippen LogP contribution is 2.54. The van der Waals surface area contributed by atoms with Crippen molar-refractivity contribution in [1.29, 1.82) is 0 Å². The maximum atomic E-state index is 10.5. The number of ether oxygens (including phenoxy) is 10. The maximum absolute atomic E-state index is 10.5. The second-order valence-electron chi connectivity index (χ2n) is 13.0. The van der Waals surface area contributed by atoms with Gasteiger partial charge in [0.05, 0.1) is 67.1 Å². The van der Waals surface area contributed by atoms with Crippen molar-refractivity contribution < 1.29 is 88.2 Å². The van der Waals surface area contributed by atoms with E-state index in [0.717, 1.165) is 0 Å². The smallest absolute Gasteiger partial charge is 0.229 e. The second-order valence-corrected chi connectivity index (χ2v) is 13.0. The lowest BCUT2D eigenvalue weighted by atomic mass is 9.84. The van der Waals surface area contributed by atoms with E-state index in [4.69, 9.17) is 47.4 Å². The van der Waals surface area contributed by atoms with Crippen LogP contribution in [-0.4, -0.2) is 157 Å². The Kier molecular flexibility index (Phi) is 11.8. The molecule has 4 saturated heterocycles. The molecule has 18 nitrogen and oxygen atoms in total. The molecule has 14 atom stereocenters. The Bertz CT molecular complexity index is 1360. The van der Waals surface area contributed by atoms with Crippen LogP contribution in [0.4, 0.5) is 0 Å². The quantitative estimate of drug-likeness (QED) is 0.119. The summed E-state index contributed by atoms with van der Waals surface area (Å²) in [5, 5.41) is 81.0. The van der Waals surface area contributed by atoms with Gasteiger partial charge in [-0.15, -0.1) is 0 Å². The summed E-state index contributed by atoms with van der Waals surface area (Å²) < 4.78 is 58.0. The van der Waals surface area contributed by atoms with Crippen LogP contribution in [0.15, 0.2) is 24.3 Å². The summed E-state index contributed by atoms with van der Waals surface area (Å²) in [6.45, 7) is -0.604. The molecule has 0 aromatic heterocycles. The summed E-state index contributed by atoms with van der Waals surface area (Å²) in [7, 11) is 5.66. The van der Waals surface area contributed by atoms with Crippen molar-refractivity contribution in [3.8, 4) is 34.5 Å². The van der Waals surface area contributed by atoms with Gasteiger partial charge in [-0.05, 0) is 35.4 Å². The van der Waals surface area contributed by atoms with Crippen LogP contribution < -0.4 is 28.4 Å². The molecule has 2 aromatic rings. The number of benzene rings is 2. The van der Waals surface area contributed by atoms with E-state index in [1.165, 1.54) is 28.4 Å². The van der Waals surface area contributed by atoms with Crippen molar-refractivity contribution in [3.05, 3.63) is 35.4 Å². The Labute approximate surface area is 298 Å². The largest absolute Gasteiger partial charge is 0.493 e. The molecular weight excluding hydrogens is 696 g/mol. The summed E-state index contributed by atoms with van der Waals surface area (Å²) in [5.74, 6) is 0.683. The zero-order valence-corrected chi connectivity index (χ0v) is 28.9. The van der Waals surface area contributed by atoms with E-state index in [-0.39, 0.29) is 46.3 Å². The van der Waals surface area contributed by atoms with Crippen molar-refractivity contribution >= 4 is 0 Å². The predicted octanol–water partition coefficient (Wildman–Crippen LogP) is -1.85. The van der Waals surface area contributed by atoms with E-state index < -0.39 is 86.8 Å². The summed E-state index contributed by atoms with van der Waals surface area (Å²) in [6, 6.07) is 6.78. The molecule has 290 valence electrons. The van der Waals surface area contributed by atoms with Gasteiger partial charge in [0.2, 0.25) is 24.1 Å². The number of methoxy groups -OCH3 is 4. The maximum Gasteiger partial charge on any atom is 0.229 e. The van der Waals surface area contributed by atoms with Crippen molar-refractivity contribution in [2.24, 2.45) is 11.8 Å². The molecule has 0 radical (unpaired) electrons. The highest BCUT2D eigenvalue weighted by Gasteiger charge is 2.50. The molecule has 0 bridgehead atoms. The molecule has 4 fully saturated rings. The molecule has 18 heteroatoms. The van der Waals surface area contributed by atoms with E-state index in [1.54, 1.807) is 24.3 Å². The number of aliphatic hydroxyl groups excluding tert-OH is 8. The van der Waals surface area contributed by atoms with Gasteiger partial charge in [0.15, 0.2) is 23.0 Å². The molecule has 6 rings (SSSR count). The molecule has 4 heterocycles. The van der Waals surface area contributed by atoms with E-state index in [9.17, 15) is 40.9 Å². The standard InChI is InChI=1S/C34H46O18/c1-43-17-5-13(6-18(44-2)31(17)51-33-27(41)25(39)23(37)21(9-35)49-33)29-15-11-48-30(16(15)12-47-29)14-7-19(45-3)32(20(8-14)46-4)52-34-28(42)26(40)24(38)22(10-36)50-34/h5-8,15-16,21-30,33-42H,9-12H2,1-4H3/t15-,16-,21?,22?,23+,24+,25?,26?,27-,28-,29+,30+,33-,34+/m0/s1. The Morgan fingerprint density at radius 2 is 0.846 bits per heavy atom. The first-order chi connectivity index (χ1) is 25.0. The molecule has 4 unspecified atom stereocenters. The van der Waals surface area contributed by atoms with Gasteiger partial charge in [0.25, 0.3) is 0 Å². The zero-order chi connectivity index (χ0) is 37.4. The third kappa shape index (κ3) is 6.94. The molecule has 8 N–H and O–H groups in total. The summed E-state index contributed by atoms with van der Waals surface area (Å²) in [5.41, 5.74) is 1.37. The number of rotatable bonds is 12. The molecule has 0 amide bonds. The Morgan fingerprint density at radius 3 is 1.13 bits per heavy atom. The first-order valence-corrected chi connectivity index (χ1v) is 16.7. The third-order valence-electron chi connectivity index (χ3n) is 10.1. The molecule has 0 spiro atoms. The normalized spacial score (nSPS) is 37.3. The summed E-state index contributed by atoms with van der Waals surface area (Å²) in [6.07, 6.45) is -15.9. The van der Waals surface area contributed by atoms with E-state index in [2.05, 4.69) is 0 Å². The number of hydrogen-bond acceptors (Lipinski definition) is 18. The van der Waals surface area contributed by atoms with Crippen molar-refractivity contribution in [1.82, 2.24) is 0 Å². The first kappa shape index (κ1) is 38.5. The van der Waals surface area contributed by atoms with Crippen LogP contribution in [0.1, 0.15) is 23.3 Å². The Morgan fingerprint density at radius 1 is 0.519 bits per heavy atom. The minimum Gasteiger partial charge on any atom is -0.493 e. The molecule has 4 aliphatic rings. The predicted molar refractivity (Wildman–Crippen MR) is 172 cm³/mol. The van der Waals surface area contributed by atoms with Gasteiger partial charge in [-0.1, -0.05) is 0 Å². The minimum atomic E-state index is -1.65. The van der Waals surface area contributed by atoms with Crippen molar-refractivity contribution in [2.45, 2.75) is 73.6 Å². The van der Waals surface area contributed by atoms with Crippen LogP contribution in [0.2, 0.25) is 0 Å². The average molecular weight is 743 g/mol. The summed E-state index contributed by atoms with van der Waals surface area (Å²) >= 11 is 0. The minimum absolute atomic E-state index is 0.0541. The van der Waals surface area contributed by atoms with Crippen LogP contribution in [0.5, 0.6) is 34.5 Å². The van der Waals surface area contributed by atoms with Crippen LogP contribution in [0.3, 0.4) is 0 Å². The number of fused-ring (bicyclic) bond motifs is 1. The molecule has 0 aliphatic carbocycles.